The first-order valence-corrected chi connectivity index (χ1v) is 15.4. The van der Waals surface area contributed by atoms with E-state index in [1.807, 2.05) is 45.0 Å². The van der Waals surface area contributed by atoms with E-state index in [9.17, 15) is 14.4 Å². The smallest absolute Gasteiger partial charge is 0.468 e. The van der Waals surface area contributed by atoms with Crippen molar-refractivity contribution in [3.05, 3.63) is 55.3 Å². The number of imide groups is 1. The Bertz CT molecular complexity index is 1350. The summed E-state index contributed by atoms with van der Waals surface area (Å²) in [5, 5.41) is 4.66. The minimum absolute atomic E-state index is 0.0738. The average Bonchev–Trinajstić information content (AvgIpc) is 3.63. The summed E-state index contributed by atoms with van der Waals surface area (Å²) in [5.41, 5.74) is 0.642. The fourth-order valence-electron chi connectivity index (χ4n) is 6.45. The molecular formula is C34H46N3O6+. The maximum atomic E-state index is 14.6. The van der Waals surface area contributed by atoms with Crippen LogP contribution in [-0.4, -0.2) is 65.5 Å². The maximum absolute atomic E-state index is 14.6. The maximum Gasteiger partial charge on any atom is 0.524 e. The van der Waals surface area contributed by atoms with Crippen LogP contribution in [0, 0.1) is 11.3 Å². The van der Waals surface area contributed by atoms with Gasteiger partial charge in [0.1, 0.15) is 12.6 Å². The molecule has 1 saturated carbocycles. The normalized spacial score (nSPS) is 23.0. The molecule has 0 bridgehead atoms. The Morgan fingerprint density at radius 1 is 1.16 bits per heavy atom. The number of pyridine rings is 1. The Morgan fingerprint density at radius 3 is 2.58 bits per heavy atom. The van der Waals surface area contributed by atoms with E-state index in [4.69, 9.17) is 14.2 Å². The van der Waals surface area contributed by atoms with Crippen LogP contribution < -0.4 is 10.1 Å². The number of hydrogen-bond acceptors (Lipinski definition) is 7. The number of allylic oxidation sites excluding steroid dienone is 1. The lowest BCUT2D eigenvalue weighted by atomic mass is 9.91. The highest BCUT2D eigenvalue weighted by atomic mass is 16.6. The molecule has 2 unspecified atom stereocenters. The number of ether oxygens (including phenoxy) is 3. The summed E-state index contributed by atoms with van der Waals surface area (Å²) in [6.45, 7) is 15.6. The quantitative estimate of drug-likeness (QED) is 0.226. The van der Waals surface area contributed by atoms with Gasteiger partial charge < -0.3 is 19.5 Å². The first-order chi connectivity index (χ1) is 20.5. The van der Waals surface area contributed by atoms with Crippen LogP contribution in [0.2, 0.25) is 0 Å². The van der Waals surface area contributed by atoms with Crippen molar-refractivity contribution in [2.24, 2.45) is 11.3 Å². The van der Waals surface area contributed by atoms with E-state index in [1.165, 1.54) is 0 Å². The molecule has 9 heteroatoms. The number of fused-ring (bicyclic) bond motifs is 1. The number of hydrogen-bond donors (Lipinski definition) is 1. The average molecular weight is 593 g/mol. The van der Waals surface area contributed by atoms with Crippen molar-refractivity contribution in [1.29, 1.82) is 0 Å². The number of nitrogens with one attached hydrogen (secondary N) is 1. The summed E-state index contributed by atoms with van der Waals surface area (Å²) in [4.78, 5) is 45.9. The highest BCUT2D eigenvalue weighted by molar-refractivity contribution is 5.89. The van der Waals surface area contributed by atoms with Crippen molar-refractivity contribution in [1.82, 2.24) is 10.3 Å². The molecule has 2 aromatic rings. The molecule has 2 heterocycles. The number of aromatic nitrogens is 1. The number of benzene rings is 1. The zero-order valence-electron chi connectivity index (χ0n) is 26.0. The van der Waals surface area contributed by atoms with Gasteiger partial charge in [-0.25, -0.2) is 14.6 Å². The third kappa shape index (κ3) is 7.09. The molecule has 1 aliphatic heterocycles. The van der Waals surface area contributed by atoms with Crippen molar-refractivity contribution in [3.63, 3.8) is 0 Å². The molecule has 3 amide bonds. The van der Waals surface area contributed by atoms with Gasteiger partial charge in [-0.1, -0.05) is 57.6 Å². The van der Waals surface area contributed by atoms with Gasteiger partial charge in [0.05, 0.1) is 13.2 Å². The fraction of sp³-hybridized carbons (Fsp3) is 0.529. The van der Waals surface area contributed by atoms with Crippen LogP contribution >= 0.6 is 0 Å². The van der Waals surface area contributed by atoms with Crippen LogP contribution in [-0.2, 0) is 14.3 Å². The van der Waals surface area contributed by atoms with E-state index < -0.39 is 34.9 Å². The van der Waals surface area contributed by atoms with Gasteiger partial charge in [-0.15, -0.1) is 6.58 Å². The molecule has 232 valence electrons. The number of amides is 3. The van der Waals surface area contributed by atoms with Gasteiger partial charge in [-0.05, 0) is 62.1 Å². The number of alkyl carbamates (subject to hydrolysis) is 1. The van der Waals surface area contributed by atoms with Gasteiger partial charge in [0.15, 0.2) is 12.1 Å². The molecule has 2 fully saturated rings. The molecule has 1 aliphatic carbocycles. The summed E-state index contributed by atoms with van der Waals surface area (Å²) < 4.78 is 17.0. The third-order valence-corrected chi connectivity index (χ3v) is 8.80. The van der Waals surface area contributed by atoms with Gasteiger partial charge >= 0.3 is 18.1 Å². The lowest BCUT2D eigenvalue weighted by molar-refractivity contribution is -0.795. The molecule has 1 N–H and O–H groups in total. The Kier molecular flexibility index (Phi) is 10.3. The first kappa shape index (κ1) is 32.2. The summed E-state index contributed by atoms with van der Waals surface area (Å²) in [7, 11) is 0. The van der Waals surface area contributed by atoms with Crippen molar-refractivity contribution in [2.45, 2.75) is 84.4 Å². The van der Waals surface area contributed by atoms with Crippen LogP contribution in [0.1, 0.15) is 71.8 Å². The number of likely N-dealkylation sites (tertiary alicyclic amines) is 1. The number of nitrogens with zero attached hydrogens (tertiary/aromatic N) is 2. The Balaban J connectivity index is 1.62. The second-order valence-electron chi connectivity index (χ2n) is 12.6. The van der Waals surface area contributed by atoms with E-state index >= 15 is 0 Å². The second-order valence-corrected chi connectivity index (χ2v) is 12.6. The van der Waals surface area contributed by atoms with Crippen LogP contribution in [0.25, 0.3) is 16.8 Å². The predicted molar refractivity (Wildman–Crippen MR) is 166 cm³/mol. The van der Waals surface area contributed by atoms with E-state index in [2.05, 4.69) is 23.5 Å². The van der Waals surface area contributed by atoms with Crippen LogP contribution in [0.5, 0.6) is 5.88 Å². The molecule has 1 saturated heterocycles. The lowest BCUT2D eigenvalue weighted by Crippen LogP contribution is -2.66. The van der Waals surface area contributed by atoms with Crippen molar-refractivity contribution < 1.29 is 33.1 Å². The largest absolute Gasteiger partial charge is 0.524 e. The monoisotopic (exact) mass is 592 g/mol. The van der Waals surface area contributed by atoms with E-state index in [0.717, 1.165) is 42.0 Å². The van der Waals surface area contributed by atoms with Gasteiger partial charge in [0.25, 0.3) is 0 Å². The number of carbonyl (C=O) groups is 3. The molecule has 2 aliphatic rings. The Morgan fingerprint density at radius 2 is 1.91 bits per heavy atom. The second kappa shape index (κ2) is 13.7. The van der Waals surface area contributed by atoms with Crippen LogP contribution in [0.15, 0.2) is 49.7 Å². The summed E-state index contributed by atoms with van der Waals surface area (Å²) in [6.07, 6.45) is 8.04. The van der Waals surface area contributed by atoms with Gasteiger partial charge in [-0.3, -0.25) is 0 Å². The third-order valence-electron chi connectivity index (χ3n) is 8.80. The summed E-state index contributed by atoms with van der Waals surface area (Å²) in [5.74, 6) is -0.0492. The standard InChI is InChI=1S/C34H45N3O6/c1-7-17-34(5,6)22-42-32(39)36-29(26-12-10-11-13-26)31(38)37(33(40)41-9-3)21-27(19-23(37)4)43-30-28-20-24(8-2)14-15-25(28)16-18-35-30/h7-8,14-16,18,20,23,26-27,29H,1-2,9-13,17,19,21-22H2,3-6H3/p+1/t23?,27-,29+,37?/m1/s1. The van der Waals surface area contributed by atoms with E-state index in [0.29, 0.717) is 18.7 Å². The lowest BCUT2D eigenvalue weighted by Gasteiger charge is -2.35. The molecule has 43 heavy (non-hydrogen) atoms. The number of rotatable bonds is 11. The number of carbonyl (C=O) groups excluding carboxylic acids is 3. The predicted octanol–water partition coefficient (Wildman–Crippen LogP) is 6.80. The molecule has 1 aromatic heterocycles. The summed E-state index contributed by atoms with van der Waals surface area (Å²) >= 11 is 0. The minimum Gasteiger partial charge on any atom is -0.468 e. The number of quaternary nitrogens is 1. The molecule has 9 nitrogen and oxygen atoms in total. The van der Waals surface area contributed by atoms with Gasteiger partial charge in [-0.2, -0.15) is 9.28 Å². The van der Waals surface area contributed by atoms with E-state index in [1.54, 1.807) is 25.3 Å². The minimum atomic E-state index is -0.894. The molecule has 0 radical (unpaired) electrons. The van der Waals surface area contributed by atoms with Crippen molar-refractivity contribution in [2.75, 3.05) is 19.8 Å². The Hall–Kier alpha value is -3.72. The van der Waals surface area contributed by atoms with E-state index in [-0.39, 0.29) is 37.0 Å². The van der Waals surface area contributed by atoms with Gasteiger partial charge in [0.2, 0.25) is 5.88 Å². The first-order valence-electron chi connectivity index (χ1n) is 15.4. The SMILES string of the molecule is C=CCC(C)(C)COC(=O)N[C@H](C(=O)[N+]1(C(=O)OCC)C[C@H](Oc2nccc3ccc(C=C)cc23)CC1C)C1CCCC1. The van der Waals surface area contributed by atoms with Gasteiger partial charge in [0, 0.05) is 23.4 Å². The molecule has 0 spiro atoms. The highest BCUT2D eigenvalue weighted by Gasteiger charge is 2.61. The Labute approximate surface area is 254 Å². The zero-order valence-corrected chi connectivity index (χ0v) is 26.0. The fourth-order valence-corrected chi connectivity index (χ4v) is 6.45. The topological polar surface area (TPSA) is 104 Å². The van der Waals surface area contributed by atoms with Crippen molar-refractivity contribution >= 4 is 34.9 Å². The molecular weight excluding hydrogens is 546 g/mol. The highest BCUT2D eigenvalue weighted by Crippen LogP contribution is 2.37. The van der Waals surface area contributed by atoms with Crippen molar-refractivity contribution in [3.8, 4) is 5.88 Å². The zero-order chi connectivity index (χ0) is 31.2. The van der Waals surface area contributed by atoms with Crippen LogP contribution in [0.3, 0.4) is 0 Å². The molecule has 4 atom stereocenters. The van der Waals surface area contributed by atoms with Crippen LogP contribution in [0.4, 0.5) is 9.59 Å². The summed E-state index contributed by atoms with van der Waals surface area (Å²) in [6, 6.07) is 6.49. The molecule has 1 aromatic carbocycles. The molecule has 4 rings (SSSR count).